The summed E-state index contributed by atoms with van der Waals surface area (Å²) < 4.78 is 0.799. The zero-order chi connectivity index (χ0) is 15.2. The molecule has 1 N–H and O–H groups in total. The van der Waals surface area contributed by atoms with E-state index >= 15 is 0 Å². The highest BCUT2D eigenvalue weighted by molar-refractivity contribution is 6.03. The van der Waals surface area contributed by atoms with Crippen molar-refractivity contribution in [1.29, 1.82) is 0 Å². The first-order chi connectivity index (χ1) is 9.83. The number of rotatable bonds is 2. The molecule has 1 heterocycles. The Morgan fingerprint density at radius 3 is 2.57 bits per heavy atom. The predicted molar refractivity (Wildman–Crippen MR) is 82.4 cm³/mol. The lowest BCUT2D eigenvalue weighted by molar-refractivity contribution is -0.872. The second kappa shape index (κ2) is 4.95. The lowest BCUT2D eigenvalue weighted by Gasteiger charge is -2.32. The number of quaternary nitrogens is 1. The molecule has 0 radical (unpaired) electrons. The molecule has 2 aliphatic rings. The smallest absolute Gasteiger partial charge is 0.224 e. The number of nitrogens with one attached hydrogen (secondary N) is 1. The summed E-state index contributed by atoms with van der Waals surface area (Å²) in [6, 6.07) is 4.04. The molecule has 0 aromatic heterocycles. The third-order valence-electron chi connectivity index (χ3n) is 4.39. The van der Waals surface area contributed by atoms with Gasteiger partial charge in [-0.15, -0.1) is 0 Å². The van der Waals surface area contributed by atoms with E-state index in [0.29, 0.717) is 6.42 Å². The molecule has 0 bridgehead atoms. The van der Waals surface area contributed by atoms with Crippen molar-refractivity contribution < 1.29 is 14.1 Å². The number of hydrogen-bond donors (Lipinski definition) is 1. The Balaban J connectivity index is 1.92. The predicted octanol–water partition coefficient (Wildman–Crippen LogP) is 2.02. The number of carbonyl (C=O) groups excluding carboxylic acids is 2. The first-order valence-electron chi connectivity index (χ1n) is 7.64. The highest BCUT2D eigenvalue weighted by Gasteiger charge is 2.32. The Labute approximate surface area is 125 Å². The normalized spacial score (nSPS) is 21.6. The topological polar surface area (TPSA) is 46.2 Å². The number of benzene rings is 1. The third kappa shape index (κ3) is 2.86. The van der Waals surface area contributed by atoms with Gasteiger partial charge < -0.3 is 9.80 Å². The van der Waals surface area contributed by atoms with E-state index in [2.05, 4.69) is 32.5 Å². The minimum Gasteiger partial charge on any atom is -0.330 e. The van der Waals surface area contributed by atoms with Crippen LogP contribution in [0.4, 0.5) is 5.69 Å². The largest absolute Gasteiger partial charge is 0.330 e. The number of anilines is 1. The van der Waals surface area contributed by atoms with Gasteiger partial charge in [0.15, 0.2) is 5.78 Å². The molecule has 112 valence electrons. The molecule has 1 aromatic rings. The van der Waals surface area contributed by atoms with Gasteiger partial charge in [0.25, 0.3) is 0 Å². The van der Waals surface area contributed by atoms with Gasteiger partial charge in [0, 0.05) is 17.7 Å². The zero-order valence-electron chi connectivity index (χ0n) is 13.0. The van der Waals surface area contributed by atoms with Gasteiger partial charge >= 0.3 is 0 Å². The summed E-state index contributed by atoms with van der Waals surface area (Å²) in [6.45, 7) is 0.863. The van der Waals surface area contributed by atoms with Crippen LogP contribution >= 0.6 is 0 Å². The third-order valence-corrected chi connectivity index (χ3v) is 4.39. The number of fused-ring (bicyclic) bond motifs is 2. The summed E-state index contributed by atoms with van der Waals surface area (Å²) in [7, 11) is 6.36. The highest BCUT2D eigenvalue weighted by Crippen LogP contribution is 2.33. The highest BCUT2D eigenvalue weighted by atomic mass is 16.1. The molecule has 0 saturated heterocycles. The number of carbonyl (C=O) groups is 2. The maximum absolute atomic E-state index is 12.7. The van der Waals surface area contributed by atoms with Crippen LogP contribution < -0.4 is 5.32 Å². The van der Waals surface area contributed by atoms with Gasteiger partial charge in [-0.25, -0.2) is 0 Å². The van der Waals surface area contributed by atoms with Gasteiger partial charge in [0.05, 0.1) is 33.6 Å². The molecular formula is C17H23N2O2+. The minimum absolute atomic E-state index is 0.0496. The Bertz CT molecular complexity index is 614. The maximum Gasteiger partial charge on any atom is 0.224 e. The molecular weight excluding hydrogens is 264 g/mol. The van der Waals surface area contributed by atoms with Gasteiger partial charge in [0.1, 0.15) is 0 Å². The summed E-state index contributed by atoms with van der Waals surface area (Å²) in [5.41, 5.74) is 3.99. The number of aryl methyl sites for hydroxylation is 2. The van der Waals surface area contributed by atoms with Crippen molar-refractivity contribution in [2.45, 2.75) is 25.7 Å². The van der Waals surface area contributed by atoms with Crippen LogP contribution in [0.5, 0.6) is 0 Å². The second-order valence-corrected chi connectivity index (χ2v) is 7.29. The molecule has 1 aromatic carbocycles. The van der Waals surface area contributed by atoms with E-state index in [0.717, 1.165) is 47.1 Å². The van der Waals surface area contributed by atoms with Gasteiger partial charge in [0.2, 0.25) is 5.91 Å². The van der Waals surface area contributed by atoms with Gasteiger partial charge in [-0.3, -0.25) is 9.59 Å². The minimum atomic E-state index is 0.0496. The molecule has 1 aliphatic heterocycles. The molecule has 0 fully saturated rings. The summed E-state index contributed by atoms with van der Waals surface area (Å²) in [5.74, 6) is 0.385. The van der Waals surface area contributed by atoms with Crippen LogP contribution in [0.25, 0.3) is 0 Å². The lowest BCUT2D eigenvalue weighted by Crippen LogP contribution is -2.43. The van der Waals surface area contributed by atoms with Crippen molar-refractivity contribution >= 4 is 17.4 Å². The van der Waals surface area contributed by atoms with Gasteiger partial charge in [-0.05, 0) is 36.5 Å². The van der Waals surface area contributed by atoms with E-state index in [1.54, 1.807) is 0 Å². The zero-order valence-corrected chi connectivity index (χ0v) is 13.0. The quantitative estimate of drug-likeness (QED) is 0.846. The average molecular weight is 287 g/mol. The van der Waals surface area contributed by atoms with E-state index in [1.165, 1.54) is 5.56 Å². The van der Waals surface area contributed by atoms with Crippen LogP contribution in [0.3, 0.4) is 0 Å². The first kappa shape index (κ1) is 14.3. The molecule has 1 atom stereocenters. The standard InChI is InChI=1S/C17H22N2O2/c1-19(2,3)10-13-5-4-11-8-12-6-7-16(20)18-15(12)9-14(11)17(13)21/h8-9,13H,4-7,10H2,1-3H3/p+1. The fraction of sp³-hybridized carbons (Fsp3) is 0.529. The SMILES string of the molecule is C[N+](C)(C)CC1CCc2cc3c(cc2C1=O)NC(=O)CC3. The van der Waals surface area contributed by atoms with Crippen molar-refractivity contribution in [2.24, 2.45) is 5.92 Å². The van der Waals surface area contributed by atoms with Crippen LogP contribution in [-0.2, 0) is 17.6 Å². The van der Waals surface area contributed by atoms with E-state index in [4.69, 9.17) is 0 Å². The van der Waals surface area contributed by atoms with Crippen LogP contribution in [0.2, 0.25) is 0 Å². The van der Waals surface area contributed by atoms with Crippen molar-refractivity contribution in [1.82, 2.24) is 0 Å². The monoisotopic (exact) mass is 287 g/mol. The van der Waals surface area contributed by atoms with Crippen LogP contribution in [0.1, 0.15) is 34.3 Å². The number of hydrogen-bond acceptors (Lipinski definition) is 2. The maximum atomic E-state index is 12.7. The molecule has 0 spiro atoms. The molecule has 4 nitrogen and oxygen atoms in total. The Morgan fingerprint density at radius 2 is 1.86 bits per heavy atom. The van der Waals surface area contributed by atoms with E-state index in [1.807, 2.05) is 6.07 Å². The van der Waals surface area contributed by atoms with Crippen LogP contribution in [0.15, 0.2) is 12.1 Å². The lowest BCUT2D eigenvalue weighted by atomic mass is 9.80. The number of nitrogens with zero attached hydrogens (tertiary/aromatic N) is 1. The van der Waals surface area contributed by atoms with E-state index in [-0.39, 0.29) is 17.6 Å². The van der Waals surface area contributed by atoms with Crippen molar-refractivity contribution in [3.8, 4) is 0 Å². The van der Waals surface area contributed by atoms with Gasteiger partial charge in [-0.2, -0.15) is 0 Å². The summed E-state index contributed by atoms with van der Waals surface area (Å²) >= 11 is 0. The van der Waals surface area contributed by atoms with Crippen LogP contribution in [-0.4, -0.2) is 43.9 Å². The second-order valence-electron chi connectivity index (χ2n) is 7.29. The Morgan fingerprint density at radius 1 is 1.10 bits per heavy atom. The molecule has 0 saturated carbocycles. The fourth-order valence-corrected chi connectivity index (χ4v) is 3.43. The number of amides is 1. The Hall–Kier alpha value is -1.68. The van der Waals surface area contributed by atoms with Crippen molar-refractivity contribution in [3.63, 3.8) is 0 Å². The summed E-state index contributed by atoms with van der Waals surface area (Å²) in [5, 5.41) is 2.90. The van der Waals surface area contributed by atoms with Crippen molar-refractivity contribution in [2.75, 3.05) is 33.0 Å². The first-order valence-corrected chi connectivity index (χ1v) is 7.64. The number of ketones is 1. The summed E-state index contributed by atoms with van der Waals surface area (Å²) in [4.78, 5) is 24.3. The number of Topliss-reactive ketones (excluding diaryl/α,β-unsaturated/α-hetero) is 1. The molecule has 1 aliphatic carbocycles. The molecule has 4 heteroatoms. The van der Waals surface area contributed by atoms with E-state index < -0.39 is 0 Å². The fourth-order valence-electron chi connectivity index (χ4n) is 3.43. The molecule has 3 rings (SSSR count). The van der Waals surface area contributed by atoms with Gasteiger partial charge in [-0.1, -0.05) is 6.07 Å². The van der Waals surface area contributed by atoms with Crippen LogP contribution in [0, 0.1) is 5.92 Å². The molecule has 21 heavy (non-hydrogen) atoms. The average Bonchev–Trinajstić information content (AvgIpc) is 2.39. The molecule has 1 unspecified atom stereocenters. The van der Waals surface area contributed by atoms with Crippen molar-refractivity contribution in [3.05, 3.63) is 28.8 Å². The Kier molecular flexibility index (Phi) is 3.36. The molecule has 1 amide bonds. The van der Waals surface area contributed by atoms with E-state index in [9.17, 15) is 9.59 Å². The summed E-state index contributed by atoms with van der Waals surface area (Å²) in [6.07, 6.45) is 3.23.